The molecule has 14 heavy (non-hydrogen) atoms. The Morgan fingerprint density at radius 1 is 1.36 bits per heavy atom. The Kier molecular flexibility index (Phi) is 3.99. The molecule has 0 bridgehead atoms. The van der Waals surface area contributed by atoms with Crippen LogP contribution in [0.25, 0.3) is 0 Å². The lowest BCUT2D eigenvalue weighted by Gasteiger charge is -2.37. The van der Waals surface area contributed by atoms with Gasteiger partial charge >= 0.3 is 0 Å². The first kappa shape index (κ1) is 11.6. The molecule has 3 unspecified atom stereocenters. The fourth-order valence-corrected chi connectivity index (χ4v) is 2.77. The maximum absolute atomic E-state index is 6.30. The minimum Gasteiger partial charge on any atom is -0.391 e. The lowest BCUT2D eigenvalue weighted by Crippen LogP contribution is -2.44. The summed E-state index contributed by atoms with van der Waals surface area (Å²) in [5.41, 5.74) is 9.20. The highest BCUT2D eigenvalue weighted by molar-refractivity contribution is 5.20. The van der Waals surface area contributed by atoms with Crippen LogP contribution in [0.4, 0.5) is 0 Å². The molecule has 0 spiro atoms. The molecule has 0 aliphatic heterocycles. The van der Waals surface area contributed by atoms with Crippen LogP contribution in [-0.2, 0) is 0 Å². The summed E-state index contributed by atoms with van der Waals surface area (Å²) in [5, 5.41) is 3.33. The monoisotopic (exact) mass is 196 g/mol. The van der Waals surface area contributed by atoms with Crippen LogP contribution in [0, 0.1) is 11.8 Å². The summed E-state index contributed by atoms with van der Waals surface area (Å²) in [6.45, 7) is 6.71. The van der Waals surface area contributed by atoms with E-state index in [2.05, 4.69) is 26.1 Å². The number of rotatable bonds is 3. The highest BCUT2D eigenvalue weighted by Gasteiger charge is 2.32. The summed E-state index contributed by atoms with van der Waals surface area (Å²) in [6.07, 6.45) is 3.52. The highest BCUT2D eigenvalue weighted by Crippen LogP contribution is 2.34. The largest absolute Gasteiger partial charge is 0.391 e. The van der Waals surface area contributed by atoms with Crippen LogP contribution in [0.5, 0.6) is 0 Å². The molecule has 0 aromatic heterocycles. The van der Waals surface area contributed by atoms with Gasteiger partial charge in [-0.05, 0) is 25.7 Å². The standard InChI is InChI=1S/C12H24N2/c1-5-9-7-8(3)12(14-4)10(6-2)11(9)13/h9-11,14H,5-7,13H2,1-4H3. The molecule has 0 amide bonds. The molecule has 0 fully saturated rings. The van der Waals surface area contributed by atoms with Gasteiger partial charge in [-0.25, -0.2) is 0 Å². The Morgan fingerprint density at radius 2 is 2.00 bits per heavy atom. The fraction of sp³-hybridized carbons (Fsp3) is 0.833. The van der Waals surface area contributed by atoms with Gasteiger partial charge in [0.1, 0.15) is 0 Å². The summed E-state index contributed by atoms with van der Waals surface area (Å²) in [6, 6.07) is 0.344. The quantitative estimate of drug-likeness (QED) is 0.726. The zero-order valence-corrected chi connectivity index (χ0v) is 9.93. The molecule has 3 atom stereocenters. The van der Waals surface area contributed by atoms with E-state index in [0.29, 0.717) is 17.9 Å². The number of nitrogens with one attached hydrogen (secondary N) is 1. The molecule has 0 saturated carbocycles. The number of nitrogens with two attached hydrogens (primary N) is 1. The number of hydrogen-bond donors (Lipinski definition) is 2. The summed E-state index contributed by atoms with van der Waals surface area (Å²) in [7, 11) is 2.01. The van der Waals surface area contributed by atoms with Crippen molar-refractivity contribution in [2.45, 2.75) is 46.1 Å². The van der Waals surface area contributed by atoms with E-state index in [0.717, 1.165) is 6.42 Å². The van der Waals surface area contributed by atoms with Gasteiger partial charge in [0.05, 0.1) is 0 Å². The zero-order chi connectivity index (χ0) is 10.7. The average Bonchev–Trinajstić information content (AvgIpc) is 2.20. The van der Waals surface area contributed by atoms with E-state index in [1.807, 2.05) is 7.05 Å². The van der Waals surface area contributed by atoms with E-state index in [4.69, 9.17) is 5.73 Å². The van der Waals surface area contributed by atoms with Crippen LogP contribution < -0.4 is 11.1 Å². The van der Waals surface area contributed by atoms with Crippen molar-refractivity contribution in [3.63, 3.8) is 0 Å². The van der Waals surface area contributed by atoms with Gasteiger partial charge in [0.25, 0.3) is 0 Å². The second-order valence-electron chi connectivity index (χ2n) is 4.41. The Morgan fingerprint density at radius 3 is 2.43 bits per heavy atom. The Bertz CT molecular complexity index is 220. The molecule has 0 radical (unpaired) electrons. The zero-order valence-electron chi connectivity index (χ0n) is 9.93. The van der Waals surface area contributed by atoms with Crippen molar-refractivity contribution in [2.24, 2.45) is 17.6 Å². The van der Waals surface area contributed by atoms with Gasteiger partial charge in [-0.15, -0.1) is 0 Å². The van der Waals surface area contributed by atoms with Crippen molar-refractivity contribution in [1.29, 1.82) is 0 Å². The molecule has 2 nitrogen and oxygen atoms in total. The Labute approximate surface area is 87.9 Å². The van der Waals surface area contributed by atoms with Crippen LogP contribution in [0.2, 0.25) is 0 Å². The second-order valence-corrected chi connectivity index (χ2v) is 4.41. The van der Waals surface area contributed by atoms with Crippen molar-refractivity contribution in [1.82, 2.24) is 5.32 Å². The van der Waals surface area contributed by atoms with E-state index in [1.165, 1.54) is 24.1 Å². The van der Waals surface area contributed by atoms with Gasteiger partial charge in [0, 0.05) is 24.7 Å². The van der Waals surface area contributed by atoms with E-state index in [9.17, 15) is 0 Å². The molecule has 0 aromatic carbocycles. The maximum Gasteiger partial charge on any atom is 0.0153 e. The first-order valence-electron chi connectivity index (χ1n) is 5.78. The van der Waals surface area contributed by atoms with Crippen molar-refractivity contribution >= 4 is 0 Å². The number of allylic oxidation sites excluding steroid dienone is 1. The minimum absolute atomic E-state index is 0.344. The van der Waals surface area contributed by atoms with Gasteiger partial charge in [0.2, 0.25) is 0 Å². The molecule has 2 heteroatoms. The molecule has 82 valence electrons. The van der Waals surface area contributed by atoms with Crippen molar-refractivity contribution in [2.75, 3.05) is 7.05 Å². The van der Waals surface area contributed by atoms with Gasteiger partial charge in [-0.3, -0.25) is 0 Å². The third-order valence-electron chi connectivity index (χ3n) is 3.64. The van der Waals surface area contributed by atoms with E-state index in [-0.39, 0.29) is 0 Å². The molecule has 0 aromatic rings. The molecule has 1 aliphatic rings. The molecule has 0 saturated heterocycles. The highest BCUT2D eigenvalue weighted by atomic mass is 14.9. The predicted octanol–water partition coefficient (Wildman–Crippen LogP) is 2.26. The van der Waals surface area contributed by atoms with Crippen LogP contribution in [0.3, 0.4) is 0 Å². The van der Waals surface area contributed by atoms with Crippen molar-refractivity contribution in [3.8, 4) is 0 Å². The summed E-state index contributed by atoms with van der Waals surface area (Å²) < 4.78 is 0. The first-order valence-corrected chi connectivity index (χ1v) is 5.78. The lowest BCUT2D eigenvalue weighted by molar-refractivity contribution is 0.287. The first-order chi connectivity index (χ1) is 6.65. The summed E-state index contributed by atoms with van der Waals surface area (Å²) in [4.78, 5) is 0. The number of hydrogen-bond acceptors (Lipinski definition) is 2. The normalized spacial score (nSPS) is 33.4. The van der Waals surface area contributed by atoms with Crippen molar-refractivity contribution in [3.05, 3.63) is 11.3 Å². The predicted molar refractivity (Wildman–Crippen MR) is 61.9 cm³/mol. The average molecular weight is 196 g/mol. The van der Waals surface area contributed by atoms with E-state index < -0.39 is 0 Å². The Balaban J connectivity index is 2.92. The summed E-state index contributed by atoms with van der Waals surface area (Å²) in [5.74, 6) is 1.22. The third-order valence-corrected chi connectivity index (χ3v) is 3.64. The molecule has 1 aliphatic carbocycles. The fourth-order valence-electron chi connectivity index (χ4n) is 2.77. The van der Waals surface area contributed by atoms with Crippen LogP contribution in [0.1, 0.15) is 40.0 Å². The van der Waals surface area contributed by atoms with Gasteiger partial charge < -0.3 is 11.1 Å². The minimum atomic E-state index is 0.344. The molecule has 0 heterocycles. The summed E-state index contributed by atoms with van der Waals surface area (Å²) >= 11 is 0. The smallest absolute Gasteiger partial charge is 0.0153 e. The second kappa shape index (κ2) is 4.83. The Hall–Kier alpha value is -0.500. The topological polar surface area (TPSA) is 38.0 Å². The van der Waals surface area contributed by atoms with Gasteiger partial charge in [-0.2, -0.15) is 0 Å². The molecule has 1 rings (SSSR count). The molecule has 3 N–H and O–H groups in total. The van der Waals surface area contributed by atoms with Gasteiger partial charge in [0.15, 0.2) is 0 Å². The maximum atomic E-state index is 6.30. The van der Waals surface area contributed by atoms with Crippen molar-refractivity contribution < 1.29 is 0 Å². The van der Waals surface area contributed by atoms with Gasteiger partial charge in [-0.1, -0.05) is 25.8 Å². The van der Waals surface area contributed by atoms with Crippen LogP contribution in [0.15, 0.2) is 11.3 Å². The van der Waals surface area contributed by atoms with E-state index >= 15 is 0 Å². The molecular formula is C12H24N2. The van der Waals surface area contributed by atoms with E-state index in [1.54, 1.807) is 0 Å². The third kappa shape index (κ3) is 1.95. The SMILES string of the molecule is CCC1CC(C)=C(NC)C(CC)C1N. The molecular weight excluding hydrogens is 172 g/mol. The van der Waals surface area contributed by atoms with Crippen LogP contribution >= 0.6 is 0 Å². The lowest BCUT2D eigenvalue weighted by atomic mass is 9.74. The van der Waals surface area contributed by atoms with Crippen LogP contribution in [-0.4, -0.2) is 13.1 Å².